The standard InChI is InChI=1S/C12H15F2NO4S/c1-3-8(2)20(18,19)10-6-4-5-9(7-11(13)14)12(10)15(16)17/h4-6,8,11H,3,7H2,1-2H3. The number of benzene rings is 1. The molecule has 0 bridgehead atoms. The van der Waals surface area contributed by atoms with Crippen LogP contribution in [0.5, 0.6) is 0 Å². The van der Waals surface area contributed by atoms with E-state index in [4.69, 9.17) is 0 Å². The number of sulfone groups is 1. The van der Waals surface area contributed by atoms with Crippen LogP contribution < -0.4 is 0 Å². The zero-order chi connectivity index (χ0) is 15.5. The van der Waals surface area contributed by atoms with Crippen molar-refractivity contribution >= 4 is 15.5 Å². The van der Waals surface area contributed by atoms with Gasteiger partial charge in [0.2, 0.25) is 6.43 Å². The molecule has 8 heteroatoms. The number of rotatable bonds is 6. The van der Waals surface area contributed by atoms with Gasteiger partial charge in [0, 0.05) is 12.0 Å². The lowest BCUT2D eigenvalue weighted by Gasteiger charge is -2.12. The first-order valence-corrected chi connectivity index (χ1v) is 7.54. The highest BCUT2D eigenvalue weighted by Crippen LogP contribution is 2.32. The Bertz CT molecular complexity index is 601. The van der Waals surface area contributed by atoms with Gasteiger partial charge in [0.1, 0.15) is 4.90 Å². The Kier molecular flexibility index (Phi) is 5.15. The quantitative estimate of drug-likeness (QED) is 0.598. The van der Waals surface area contributed by atoms with Gasteiger partial charge in [0.25, 0.3) is 5.69 Å². The molecule has 0 aliphatic carbocycles. The largest absolute Gasteiger partial charge is 0.291 e. The van der Waals surface area contributed by atoms with Crippen molar-refractivity contribution < 1.29 is 22.1 Å². The Morgan fingerprint density at radius 2 is 1.95 bits per heavy atom. The van der Waals surface area contributed by atoms with Gasteiger partial charge in [0.05, 0.1) is 10.2 Å². The maximum Gasteiger partial charge on any atom is 0.291 e. The lowest BCUT2D eigenvalue weighted by molar-refractivity contribution is -0.388. The van der Waals surface area contributed by atoms with Gasteiger partial charge < -0.3 is 0 Å². The summed E-state index contributed by atoms with van der Waals surface area (Å²) in [6.07, 6.45) is -3.35. The van der Waals surface area contributed by atoms with E-state index in [1.165, 1.54) is 13.0 Å². The molecular weight excluding hydrogens is 292 g/mol. The van der Waals surface area contributed by atoms with Gasteiger partial charge >= 0.3 is 0 Å². The van der Waals surface area contributed by atoms with Gasteiger partial charge in [-0.1, -0.05) is 19.1 Å². The van der Waals surface area contributed by atoms with Gasteiger partial charge in [-0.15, -0.1) is 0 Å². The number of nitro groups is 1. The molecule has 1 atom stereocenters. The first-order chi connectivity index (χ1) is 9.21. The molecule has 0 aromatic heterocycles. The lowest BCUT2D eigenvalue weighted by atomic mass is 10.1. The summed E-state index contributed by atoms with van der Waals surface area (Å²) in [6, 6.07) is 3.49. The summed E-state index contributed by atoms with van der Waals surface area (Å²) < 4.78 is 49.4. The van der Waals surface area contributed by atoms with Crippen LogP contribution in [-0.2, 0) is 16.3 Å². The van der Waals surface area contributed by atoms with Gasteiger partial charge in [-0.25, -0.2) is 17.2 Å². The maximum absolute atomic E-state index is 12.4. The summed E-state index contributed by atoms with van der Waals surface area (Å²) in [5.74, 6) is 0. The van der Waals surface area contributed by atoms with Crippen LogP contribution in [0, 0.1) is 10.1 Å². The molecule has 0 N–H and O–H groups in total. The van der Waals surface area contributed by atoms with Gasteiger partial charge in [-0.3, -0.25) is 10.1 Å². The number of halogens is 2. The molecule has 1 unspecified atom stereocenters. The number of nitrogens with zero attached hydrogens (tertiary/aromatic N) is 1. The summed E-state index contributed by atoms with van der Waals surface area (Å²) in [7, 11) is -3.91. The van der Waals surface area contributed by atoms with E-state index in [0.29, 0.717) is 0 Å². The van der Waals surface area contributed by atoms with Crippen LogP contribution in [0.25, 0.3) is 0 Å². The van der Waals surface area contributed by atoms with Crippen LogP contribution in [0.15, 0.2) is 23.1 Å². The number of hydrogen-bond acceptors (Lipinski definition) is 4. The van der Waals surface area contributed by atoms with Crippen molar-refractivity contribution in [3.8, 4) is 0 Å². The average molecular weight is 307 g/mol. The van der Waals surface area contributed by atoms with Crippen molar-refractivity contribution in [2.45, 2.75) is 43.3 Å². The van der Waals surface area contributed by atoms with E-state index in [1.807, 2.05) is 0 Å². The predicted octanol–water partition coefficient (Wildman–Crippen LogP) is 2.97. The smallest absolute Gasteiger partial charge is 0.258 e. The van der Waals surface area contributed by atoms with Crippen LogP contribution in [0.1, 0.15) is 25.8 Å². The Morgan fingerprint density at radius 1 is 1.35 bits per heavy atom. The number of alkyl halides is 2. The molecule has 0 amide bonds. The first-order valence-electron chi connectivity index (χ1n) is 6.00. The van der Waals surface area contributed by atoms with Crippen molar-refractivity contribution in [2.24, 2.45) is 0 Å². The summed E-state index contributed by atoms with van der Waals surface area (Å²) in [5, 5.41) is 10.3. The summed E-state index contributed by atoms with van der Waals surface area (Å²) in [6.45, 7) is 3.07. The van der Waals surface area contributed by atoms with Crippen LogP contribution in [0.2, 0.25) is 0 Å². The van der Waals surface area contributed by atoms with Crippen molar-refractivity contribution in [3.05, 3.63) is 33.9 Å². The highest BCUT2D eigenvalue weighted by Gasteiger charge is 2.32. The molecule has 0 heterocycles. The zero-order valence-corrected chi connectivity index (χ0v) is 11.9. The molecule has 0 aliphatic heterocycles. The highest BCUT2D eigenvalue weighted by atomic mass is 32.2. The molecule has 5 nitrogen and oxygen atoms in total. The molecule has 0 spiro atoms. The maximum atomic E-state index is 12.4. The SMILES string of the molecule is CCC(C)S(=O)(=O)c1cccc(CC(F)F)c1[N+](=O)[O-]. The van der Waals surface area contributed by atoms with Gasteiger partial charge in [-0.05, 0) is 19.4 Å². The van der Waals surface area contributed by atoms with Crippen LogP contribution >= 0.6 is 0 Å². The minimum Gasteiger partial charge on any atom is -0.258 e. The molecule has 0 saturated carbocycles. The van der Waals surface area contributed by atoms with E-state index >= 15 is 0 Å². The fourth-order valence-corrected chi connectivity index (χ4v) is 3.39. The van der Waals surface area contributed by atoms with E-state index in [2.05, 4.69) is 0 Å². The minimum atomic E-state index is -3.91. The van der Waals surface area contributed by atoms with Crippen molar-refractivity contribution in [2.75, 3.05) is 0 Å². The third kappa shape index (κ3) is 3.30. The van der Waals surface area contributed by atoms with Crippen molar-refractivity contribution in [1.29, 1.82) is 0 Å². The van der Waals surface area contributed by atoms with E-state index in [0.717, 1.165) is 12.1 Å². The summed E-state index contributed by atoms with van der Waals surface area (Å²) >= 11 is 0. The molecule has 0 radical (unpaired) electrons. The number of nitro benzene ring substituents is 1. The fraction of sp³-hybridized carbons (Fsp3) is 0.500. The lowest BCUT2D eigenvalue weighted by Crippen LogP contribution is -2.19. The Morgan fingerprint density at radius 3 is 2.40 bits per heavy atom. The summed E-state index contributed by atoms with van der Waals surface area (Å²) in [5.41, 5.74) is -1.01. The third-order valence-corrected chi connectivity index (χ3v) is 5.39. The molecule has 0 aliphatic rings. The molecule has 1 aromatic carbocycles. The van der Waals surface area contributed by atoms with Gasteiger partial charge in [0.15, 0.2) is 9.84 Å². The molecular formula is C12H15F2NO4S. The molecule has 1 aromatic rings. The van der Waals surface area contributed by atoms with E-state index in [9.17, 15) is 27.3 Å². The number of hydrogen-bond donors (Lipinski definition) is 0. The van der Waals surface area contributed by atoms with E-state index < -0.39 is 43.4 Å². The number of para-hydroxylation sites is 1. The molecule has 0 saturated heterocycles. The second kappa shape index (κ2) is 6.25. The zero-order valence-electron chi connectivity index (χ0n) is 11.0. The Balaban J connectivity index is 3.52. The Hall–Kier alpha value is -1.57. The molecule has 1 rings (SSSR count). The van der Waals surface area contributed by atoms with Crippen LogP contribution in [-0.4, -0.2) is 25.0 Å². The van der Waals surface area contributed by atoms with E-state index in [-0.39, 0.29) is 12.0 Å². The topological polar surface area (TPSA) is 77.3 Å². The van der Waals surface area contributed by atoms with Crippen LogP contribution in [0.4, 0.5) is 14.5 Å². The van der Waals surface area contributed by atoms with E-state index in [1.54, 1.807) is 6.92 Å². The molecule has 0 fully saturated rings. The monoisotopic (exact) mass is 307 g/mol. The second-order valence-electron chi connectivity index (χ2n) is 4.38. The fourth-order valence-electron chi connectivity index (χ4n) is 1.77. The van der Waals surface area contributed by atoms with Crippen LogP contribution in [0.3, 0.4) is 0 Å². The average Bonchev–Trinajstić information content (AvgIpc) is 2.36. The summed E-state index contributed by atoms with van der Waals surface area (Å²) in [4.78, 5) is 9.68. The van der Waals surface area contributed by atoms with Crippen molar-refractivity contribution in [3.63, 3.8) is 0 Å². The van der Waals surface area contributed by atoms with Crippen molar-refractivity contribution in [1.82, 2.24) is 0 Å². The normalized spacial score (nSPS) is 13.4. The highest BCUT2D eigenvalue weighted by molar-refractivity contribution is 7.92. The Labute approximate surface area is 115 Å². The predicted molar refractivity (Wildman–Crippen MR) is 69.7 cm³/mol. The molecule has 20 heavy (non-hydrogen) atoms. The minimum absolute atomic E-state index is 0.269. The second-order valence-corrected chi connectivity index (χ2v) is 6.71. The first kappa shape index (κ1) is 16.5. The third-order valence-electron chi connectivity index (χ3n) is 3.05. The molecule has 112 valence electrons. The van der Waals surface area contributed by atoms with Gasteiger partial charge in [-0.2, -0.15) is 0 Å².